The third-order valence-electron chi connectivity index (χ3n) is 6.60. The van der Waals surface area contributed by atoms with E-state index >= 15 is 0 Å². The Labute approximate surface area is 191 Å². The maximum Gasteiger partial charge on any atom is 0.272 e. The minimum absolute atomic E-state index is 0.0108. The van der Waals surface area contributed by atoms with E-state index in [1.165, 1.54) is 24.7 Å². The van der Waals surface area contributed by atoms with E-state index in [9.17, 15) is 14.0 Å². The van der Waals surface area contributed by atoms with Crippen LogP contribution in [-0.2, 0) is 12.8 Å². The molecule has 0 saturated carbocycles. The first-order chi connectivity index (χ1) is 16.1. The van der Waals surface area contributed by atoms with Crippen LogP contribution in [0.5, 0.6) is 0 Å². The summed E-state index contributed by atoms with van der Waals surface area (Å²) in [6, 6.07) is 7.88. The van der Waals surface area contributed by atoms with Gasteiger partial charge in [0.15, 0.2) is 5.69 Å². The smallest absolute Gasteiger partial charge is 0.272 e. The number of nitrogens with one attached hydrogen (secondary N) is 1. The third kappa shape index (κ3) is 4.42. The number of piperidine rings is 1. The standard InChI is InChI=1S/C25H27FN4O3/c26-18-6-8-20(9-7-18)30-22-5-3-1-2-4-21(22)23(28-30)24(31)27-19-10-13-29(14-11-19)25(32)17-12-15-33-16-17/h6-9,12,15-16,19H,1-5,10-11,13-14H2,(H,27,31). The van der Waals surface area contributed by atoms with E-state index in [2.05, 4.69) is 10.4 Å². The van der Waals surface area contributed by atoms with Crippen LogP contribution in [-0.4, -0.2) is 45.6 Å². The molecule has 1 saturated heterocycles. The number of furan rings is 1. The van der Waals surface area contributed by atoms with E-state index in [1.807, 2.05) is 0 Å². The molecular formula is C25H27FN4O3. The second-order valence-corrected chi connectivity index (χ2v) is 8.77. The molecule has 1 N–H and O–H groups in total. The van der Waals surface area contributed by atoms with Gasteiger partial charge in [-0.2, -0.15) is 5.10 Å². The first kappa shape index (κ1) is 21.4. The number of benzene rings is 1. The average molecular weight is 451 g/mol. The molecule has 0 unspecified atom stereocenters. The number of aromatic nitrogens is 2. The predicted octanol–water partition coefficient (Wildman–Crippen LogP) is 3.91. The summed E-state index contributed by atoms with van der Waals surface area (Å²) in [7, 11) is 0. The molecule has 2 aromatic heterocycles. The number of hydrogen-bond donors (Lipinski definition) is 1. The highest BCUT2D eigenvalue weighted by Crippen LogP contribution is 2.27. The van der Waals surface area contributed by atoms with Gasteiger partial charge in [0.05, 0.1) is 17.5 Å². The van der Waals surface area contributed by atoms with Crippen molar-refractivity contribution < 1.29 is 18.4 Å². The fourth-order valence-corrected chi connectivity index (χ4v) is 4.80. The van der Waals surface area contributed by atoms with Crippen molar-refractivity contribution in [3.63, 3.8) is 0 Å². The molecule has 7 nitrogen and oxygen atoms in total. The molecule has 2 amide bonds. The van der Waals surface area contributed by atoms with Crippen molar-refractivity contribution in [2.45, 2.75) is 51.0 Å². The van der Waals surface area contributed by atoms with Crippen molar-refractivity contribution in [2.75, 3.05) is 13.1 Å². The molecular weight excluding hydrogens is 423 g/mol. The normalized spacial score (nSPS) is 16.8. The molecule has 2 aliphatic rings. The van der Waals surface area contributed by atoms with Gasteiger partial charge in [0.2, 0.25) is 0 Å². The molecule has 0 spiro atoms. The lowest BCUT2D eigenvalue weighted by Gasteiger charge is -2.32. The number of carbonyl (C=O) groups excluding carboxylic acids is 2. The van der Waals surface area contributed by atoms with Gasteiger partial charge >= 0.3 is 0 Å². The van der Waals surface area contributed by atoms with E-state index in [0.717, 1.165) is 49.0 Å². The first-order valence-corrected chi connectivity index (χ1v) is 11.6. The number of amides is 2. The zero-order valence-electron chi connectivity index (χ0n) is 18.4. The lowest BCUT2D eigenvalue weighted by atomic mass is 10.0. The van der Waals surface area contributed by atoms with Crippen LogP contribution in [0.15, 0.2) is 47.3 Å². The van der Waals surface area contributed by atoms with E-state index in [0.29, 0.717) is 37.2 Å². The summed E-state index contributed by atoms with van der Waals surface area (Å²) in [6.07, 6.45) is 9.18. The molecule has 1 aliphatic heterocycles. The molecule has 0 radical (unpaired) electrons. The molecule has 1 fully saturated rings. The highest BCUT2D eigenvalue weighted by atomic mass is 19.1. The molecule has 172 valence electrons. The third-order valence-corrected chi connectivity index (χ3v) is 6.60. The van der Waals surface area contributed by atoms with Crippen LogP contribution in [0.2, 0.25) is 0 Å². The summed E-state index contributed by atoms with van der Waals surface area (Å²) in [4.78, 5) is 27.6. The zero-order valence-corrected chi connectivity index (χ0v) is 18.4. The summed E-state index contributed by atoms with van der Waals surface area (Å²) >= 11 is 0. The van der Waals surface area contributed by atoms with Crippen molar-refractivity contribution in [1.29, 1.82) is 0 Å². The van der Waals surface area contributed by atoms with Gasteiger partial charge in [-0.3, -0.25) is 9.59 Å². The summed E-state index contributed by atoms with van der Waals surface area (Å²) in [5.74, 6) is -0.516. The van der Waals surface area contributed by atoms with Crippen LogP contribution in [0.4, 0.5) is 4.39 Å². The average Bonchev–Trinajstić information content (AvgIpc) is 3.43. The Bertz CT molecular complexity index is 1130. The highest BCUT2D eigenvalue weighted by molar-refractivity contribution is 5.95. The lowest BCUT2D eigenvalue weighted by molar-refractivity contribution is 0.0697. The summed E-state index contributed by atoms with van der Waals surface area (Å²) in [6.45, 7) is 1.16. The Morgan fingerprint density at radius 1 is 1.03 bits per heavy atom. The van der Waals surface area contributed by atoms with Gasteiger partial charge in [0, 0.05) is 30.4 Å². The molecule has 1 aliphatic carbocycles. The Morgan fingerprint density at radius 2 is 1.79 bits per heavy atom. The molecule has 5 rings (SSSR count). The minimum atomic E-state index is -0.299. The van der Waals surface area contributed by atoms with Crippen molar-refractivity contribution in [3.8, 4) is 5.69 Å². The quantitative estimate of drug-likeness (QED) is 0.612. The molecule has 33 heavy (non-hydrogen) atoms. The van der Waals surface area contributed by atoms with E-state index < -0.39 is 0 Å². The SMILES string of the molecule is O=C(NC1CCN(C(=O)c2ccoc2)CC1)c1nn(-c2ccc(F)cc2)c2c1CCCCC2. The number of hydrogen-bond acceptors (Lipinski definition) is 4. The maximum absolute atomic E-state index is 13.4. The predicted molar refractivity (Wildman–Crippen MR) is 120 cm³/mol. The monoisotopic (exact) mass is 450 g/mol. The van der Waals surface area contributed by atoms with E-state index in [1.54, 1.807) is 27.8 Å². The largest absolute Gasteiger partial charge is 0.472 e. The second-order valence-electron chi connectivity index (χ2n) is 8.77. The molecule has 8 heteroatoms. The molecule has 3 heterocycles. The number of carbonyl (C=O) groups is 2. The summed E-state index contributed by atoms with van der Waals surface area (Å²) in [5, 5.41) is 7.83. The number of fused-ring (bicyclic) bond motifs is 1. The number of halogens is 1. The Kier molecular flexibility index (Phi) is 5.98. The maximum atomic E-state index is 13.4. The van der Waals surface area contributed by atoms with Gasteiger partial charge in [-0.15, -0.1) is 0 Å². The van der Waals surface area contributed by atoms with E-state index in [-0.39, 0.29) is 23.7 Å². The van der Waals surface area contributed by atoms with Crippen molar-refractivity contribution in [3.05, 3.63) is 71.2 Å². The number of likely N-dealkylation sites (tertiary alicyclic amines) is 1. The van der Waals surface area contributed by atoms with Gasteiger partial charge in [-0.1, -0.05) is 6.42 Å². The molecule has 0 atom stereocenters. The zero-order chi connectivity index (χ0) is 22.8. The molecule has 0 bridgehead atoms. The van der Waals surface area contributed by atoms with Crippen LogP contribution >= 0.6 is 0 Å². The van der Waals surface area contributed by atoms with Gasteiger partial charge in [0.1, 0.15) is 12.1 Å². The van der Waals surface area contributed by atoms with Gasteiger partial charge < -0.3 is 14.6 Å². The lowest BCUT2D eigenvalue weighted by Crippen LogP contribution is -2.46. The Hall–Kier alpha value is -3.42. The van der Waals surface area contributed by atoms with Gasteiger partial charge in [-0.25, -0.2) is 9.07 Å². The number of nitrogens with zero attached hydrogens (tertiary/aromatic N) is 3. The highest BCUT2D eigenvalue weighted by Gasteiger charge is 2.29. The summed E-state index contributed by atoms with van der Waals surface area (Å²) in [5.41, 5.74) is 3.82. The van der Waals surface area contributed by atoms with Crippen molar-refractivity contribution >= 4 is 11.8 Å². The van der Waals surface area contributed by atoms with Crippen LogP contribution in [0.25, 0.3) is 5.69 Å². The summed E-state index contributed by atoms with van der Waals surface area (Å²) < 4.78 is 20.3. The topological polar surface area (TPSA) is 80.4 Å². The van der Waals surface area contributed by atoms with Crippen LogP contribution in [0.3, 0.4) is 0 Å². The van der Waals surface area contributed by atoms with Gasteiger partial charge in [0.25, 0.3) is 11.8 Å². The van der Waals surface area contributed by atoms with Crippen LogP contribution < -0.4 is 5.32 Å². The molecule has 3 aromatic rings. The van der Waals surface area contributed by atoms with E-state index in [4.69, 9.17) is 4.42 Å². The minimum Gasteiger partial charge on any atom is -0.472 e. The van der Waals surface area contributed by atoms with Crippen molar-refractivity contribution in [2.24, 2.45) is 0 Å². The van der Waals surface area contributed by atoms with Crippen LogP contribution in [0.1, 0.15) is 64.2 Å². The van der Waals surface area contributed by atoms with Crippen molar-refractivity contribution in [1.82, 2.24) is 20.0 Å². The van der Waals surface area contributed by atoms with Crippen LogP contribution in [0, 0.1) is 5.82 Å². The fourth-order valence-electron chi connectivity index (χ4n) is 4.80. The molecule has 1 aromatic carbocycles. The van der Waals surface area contributed by atoms with Gasteiger partial charge in [-0.05, 0) is 68.9 Å². The first-order valence-electron chi connectivity index (χ1n) is 11.6. The Morgan fingerprint density at radius 3 is 2.52 bits per heavy atom. The fraction of sp³-hybridized carbons (Fsp3) is 0.400. The number of rotatable bonds is 4. The second kappa shape index (κ2) is 9.21. The Balaban J connectivity index is 1.31.